The van der Waals surface area contributed by atoms with E-state index in [2.05, 4.69) is 5.10 Å². The summed E-state index contributed by atoms with van der Waals surface area (Å²) in [6, 6.07) is 11.3. The van der Waals surface area contributed by atoms with Gasteiger partial charge < -0.3 is 14.5 Å². The molecule has 0 saturated heterocycles. The highest BCUT2D eigenvalue weighted by atomic mass is 35.5. The third-order valence-corrected chi connectivity index (χ3v) is 4.59. The summed E-state index contributed by atoms with van der Waals surface area (Å²) in [7, 11) is 5.29. The molecule has 0 fully saturated rings. The highest BCUT2D eigenvalue weighted by Crippen LogP contribution is 2.34. The fourth-order valence-corrected chi connectivity index (χ4v) is 3.26. The minimum Gasteiger partial charge on any atom is -0.496 e. The lowest BCUT2D eigenvalue weighted by Gasteiger charge is -2.20. The monoisotopic (exact) mass is 386 g/mol. The minimum absolute atomic E-state index is 0.280. The molecule has 0 spiro atoms. The van der Waals surface area contributed by atoms with Gasteiger partial charge in [-0.2, -0.15) is 5.10 Å². The number of nitrogens with two attached hydrogens (primary N) is 1. The summed E-state index contributed by atoms with van der Waals surface area (Å²) in [6.45, 7) is 2.30. The molecule has 2 aromatic carbocycles. The molecule has 0 saturated carbocycles. The lowest BCUT2D eigenvalue weighted by molar-refractivity contribution is 0.297. The van der Waals surface area contributed by atoms with E-state index in [9.17, 15) is 0 Å². The number of rotatable bonds is 6. The van der Waals surface area contributed by atoms with Gasteiger partial charge >= 0.3 is 0 Å². The van der Waals surface area contributed by atoms with Crippen molar-refractivity contribution in [2.24, 2.45) is 12.9 Å². The van der Waals surface area contributed by atoms with Crippen LogP contribution in [-0.4, -0.2) is 23.9 Å². The molecule has 142 valence electrons. The van der Waals surface area contributed by atoms with Crippen LogP contribution in [0.25, 0.3) is 11.3 Å². The van der Waals surface area contributed by atoms with E-state index in [0.29, 0.717) is 16.5 Å². The summed E-state index contributed by atoms with van der Waals surface area (Å²) in [4.78, 5) is 0. The van der Waals surface area contributed by atoms with Crippen molar-refractivity contribution in [3.63, 3.8) is 0 Å². The van der Waals surface area contributed by atoms with E-state index in [4.69, 9.17) is 26.9 Å². The summed E-state index contributed by atoms with van der Waals surface area (Å²) in [5.41, 5.74) is 4.62. The Bertz CT molecular complexity index is 953. The zero-order valence-corrected chi connectivity index (χ0v) is 16.6. The number of nitrogens with zero attached hydrogens (tertiary/aromatic N) is 3. The normalized spacial score (nSPS) is 10.7. The molecular weight excluding hydrogens is 364 g/mol. The first-order valence-electron chi connectivity index (χ1n) is 8.48. The van der Waals surface area contributed by atoms with Gasteiger partial charge in [-0.05, 0) is 42.8 Å². The van der Waals surface area contributed by atoms with Gasteiger partial charge in [0.2, 0.25) is 0 Å². The molecule has 2 N–H and O–H groups in total. The zero-order valence-electron chi connectivity index (χ0n) is 15.9. The first-order chi connectivity index (χ1) is 12.9. The number of ether oxygens (including phenoxy) is 2. The summed E-state index contributed by atoms with van der Waals surface area (Å²) >= 11 is 6.45. The van der Waals surface area contributed by atoms with Crippen molar-refractivity contribution in [2.75, 3.05) is 19.2 Å². The lowest BCUT2D eigenvalue weighted by Crippen LogP contribution is -2.26. The van der Waals surface area contributed by atoms with Gasteiger partial charge in [-0.15, -0.1) is 0 Å². The van der Waals surface area contributed by atoms with Gasteiger partial charge in [0.15, 0.2) is 0 Å². The van der Waals surface area contributed by atoms with E-state index >= 15 is 0 Å². The largest absolute Gasteiger partial charge is 0.496 e. The average Bonchev–Trinajstić information content (AvgIpc) is 2.98. The molecule has 0 bridgehead atoms. The number of hydrogen-bond acceptors (Lipinski definition) is 5. The van der Waals surface area contributed by atoms with Gasteiger partial charge in [0.05, 0.1) is 29.1 Å². The molecule has 1 aromatic heterocycles. The van der Waals surface area contributed by atoms with Gasteiger partial charge in [-0.1, -0.05) is 17.7 Å². The van der Waals surface area contributed by atoms with Crippen LogP contribution in [0, 0.1) is 6.92 Å². The molecule has 27 heavy (non-hydrogen) atoms. The third-order valence-electron chi connectivity index (χ3n) is 4.30. The van der Waals surface area contributed by atoms with Crippen LogP contribution in [-0.2, 0) is 13.7 Å². The van der Waals surface area contributed by atoms with Crippen LogP contribution in [0.3, 0.4) is 0 Å². The summed E-state index contributed by atoms with van der Waals surface area (Å²) in [6.07, 6.45) is 1.97. The summed E-state index contributed by atoms with van der Waals surface area (Å²) in [5.74, 6) is 7.22. The maximum Gasteiger partial charge on any atom is 0.138 e. The predicted molar refractivity (Wildman–Crippen MR) is 108 cm³/mol. The molecule has 0 aliphatic heterocycles. The molecule has 0 radical (unpaired) electrons. The van der Waals surface area contributed by atoms with E-state index in [0.717, 1.165) is 28.1 Å². The van der Waals surface area contributed by atoms with Crippen molar-refractivity contribution in [2.45, 2.75) is 13.5 Å². The Morgan fingerprint density at radius 2 is 2.00 bits per heavy atom. The highest BCUT2D eigenvalue weighted by molar-refractivity contribution is 6.32. The fraction of sp³-hybridized carbons (Fsp3) is 0.250. The molecule has 0 amide bonds. The molecule has 0 atom stereocenters. The van der Waals surface area contributed by atoms with E-state index in [1.54, 1.807) is 18.8 Å². The highest BCUT2D eigenvalue weighted by Gasteiger charge is 2.14. The second-order valence-electron chi connectivity index (χ2n) is 6.34. The Morgan fingerprint density at radius 3 is 2.59 bits per heavy atom. The smallest absolute Gasteiger partial charge is 0.138 e. The van der Waals surface area contributed by atoms with Gasteiger partial charge in [-0.3, -0.25) is 4.68 Å². The Balaban J connectivity index is 1.85. The van der Waals surface area contributed by atoms with Crippen LogP contribution in [0.1, 0.15) is 11.1 Å². The Hall–Kier alpha value is -2.70. The Kier molecular flexibility index (Phi) is 5.58. The molecular formula is C20H23ClN4O2. The van der Waals surface area contributed by atoms with Crippen LogP contribution < -0.4 is 20.3 Å². The van der Waals surface area contributed by atoms with E-state index in [1.807, 2.05) is 56.6 Å². The number of anilines is 1. The van der Waals surface area contributed by atoms with E-state index in [1.165, 1.54) is 5.01 Å². The number of methoxy groups -OCH3 is 1. The quantitative estimate of drug-likeness (QED) is 0.513. The topological polar surface area (TPSA) is 65.5 Å². The van der Waals surface area contributed by atoms with Crippen molar-refractivity contribution in [1.82, 2.24) is 9.78 Å². The molecule has 1 heterocycles. The van der Waals surface area contributed by atoms with Crippen molar-refractivity contribution in [3.8, 4) is 22.8 Å². The molecule has 3 rings (SSSR count). The van der Waals surface area contributed by atoms with Crippen molar-refractivity contribution >= 4 is 17.3 Å². The maximum absolute atomic E-state index is 6.45. The van der Waals surface area contributed by atoms with Gasteiger partial charge in [-0.25, -0.2) is 5.84 Å². The fourth-order valence-electron chi connectivity index (χ4n) is 3.03. The van der Waals surface area contributed by atoms with E-state index in [-0.39, 0.29) is 6.61 Å². The van der Waals surface area contributed by atoms with Crippen molar-refractivity contribution in [1.29, 1.82) is 0 Å². The minimum atomic E-state index is 0.280. The Labute approximate surface area is 164 Å². The molecule has 7 heteroatoms. The first-order valence-corrected chi connectivity index (χ1v) is 8.85. The number of aryl methyl sites for hydroxylation is 2. The number of aromatic nitrogens is 2. The van der Waals surface area contributed by atoms with Crippen LogP contribution in [0.4, 0.5) is 5.69 Å². The van der Waals surface area contributed by atoms with Crippen LogP contribution in [0.5, 0.6) is 11.5 Å². The number of benzene rings is 2. The summed E-state index contributed by atoms with van der Waals surface area (Å²) in [5, 5.41) is 6.54. The van der Waals surface area contributed by atoms with Gasteiger partial charge in [0, 0.05) is 25.9 Å². The zero-order chi connectivity index (χ0) is 19.6. The number of hydrogen-bond donors (Lipinski definition) is 1. The molecule has 0 unspecified atom stereocenters. The average molecular weight is 387 g/mol. The van der Waals surface area contributed by atoms with E-state index < -0.39 is 0 Å². The van der Waals surface area contributed by atoms with Gasteiger partial charge in [0.1, 0.15) is 18.1 Å². The molecule has 0 aliphatic carbocycles. The maximum atomic E-state index is 6.45. The van der Waals surface area contributed by atoms with Crippen molar-refractivity contribution < 1.29 is 9.47 Å². The van der Waals surface area contributed by atoms with Gasteiger partial charge in [0.25, 0.3) is 0 Å². The molecule has 6 nitrogen and oxygen atoms in total. The lowest BCUT2D eigenvalue weighted by atomic mass is 10.1. The third kappa shape index (κ3) is 4.02. The number of halogens is 1. The first kappa shape index (κ1) is 19.1. The number of hydrazine groups is 1. The van der Waals surface area contributed by atoms with Crippen LogP contribution >= 0.6 is 11.6 Å². The summed E-state index contributed by atoms with van der Waals surface area (Å²) < 4.78 is 13.2. The molecule has 3 aromatic rings. The standard InChI is InChI=1S/C20H23ClN4O2/c1-13-11-24(2)23-20(13)14-8-9-19(16(21)10-14)27-12-15-17(25(3)22)6-5-7-18(15)26-4/h5-11H,12,22H2,1-4H3. The van der Waals surface area contributed by atoms with Crippen LogP contribution in [0.15, 0.2) is 42.6 Å². The predicted octanol–water partition coefficient (Wildman–Crippen LogP) is 3.95. The van der Waals surface area contributed by atoms with Crippen LogP contribution in [0.2, 0.25) is 5.02 Å². The second kappa shape index (κ2) is 7.90. The Morgan fingerprint density at radius 1 is 1.22 bits per heavy atom. The molecule has 0 aliphatic rings. The second-order valence-corrected chi connectivity index (χ2v) is 6.74. The van der Waals surface area contributed by atoms with Crippen molar-refractivity contribution in [3.05, 3.63) is 58.7 Å². The SMILES string of the molecule is COc1cccc(N(C)N)c1COc1ccc(-c2nn(C)cc2C)cc1Cl.